The van der Waals surface area contributed by atoms with Crippen molar-refractivity contribution < 1.29 is 0 Å². The first-order valence-electron chi connectivity index (χ1n) is 4.94. The Hall–Kier alpha value is -1.46. The van der Waals surface area contributed by atoms with Crippen LogP contribution in [0.3, 0.4) is 0 Å². The average Bonchev–Trinajstić information content (AvgIpc) is 2.75. The number of hydrogen-bond donors (Lipinski definition) is 0. The van der Waals surface area contributed by atoms with Gasteiger partial charge in [-0.3, -0.25) is 5.01 Å². The van der Waals surface area contributed by atoms with Crippen molar-refractivity contribution in [2.24, 2.45) is 5.10 Å². The zero-order valence-corrected chi connectivity index (χ0v) is 10.9. The predicted molar refractivity (Wildman–Crippen MR) is 72.1 cm³/mol. The van der Waals surface area contributed by atoms with Crippen LogP contribution in [0.15, 0.2) is 29.6 Å². The molecule has 2 aromatic heterocycles. The van der Waals surface area contributed by atoms with Gasteiger partial charge < -0.3 is 0 Å². The number of hydrogen-bond acceptors (Lipinski definition) is 5. The topological polar surface area (TPSA) is 41.4 Å². The molecule has 0 bridgehead atoms. The third kappa shape index (κ3) is 3.01. The van der Waals surface area contributed by atoms with Gasteiger partial charge >= 0.3 is 0 Å². The summed E-state index contributed by atoms with van der Waals surface area (Å²) in [7, 11) is 1.80. The van der Waals surface area contributed by atoms with Gasteiger partial charge in [-0.2, -0.15) is 5.10 Å². The van der Waals surface area contributed by atoms with E-state index in [-0.39, 0.29) is 0 Å². The van der Waals surface area contributed by atoms with Crippen molar-refractivity contribution in [3.63, 3.8) is 0 Å². The Kier molecular flexibility index (Phi) is 3.71. The van der Waals surface area contributed by atoms with Crippen LogP contribution in [0.5, 0.6) is 0 Å². The van der Waals surface area contributed by atoms with Crippen LogP contribution in [0.25, 0.3) is 0 Å². The van der Waals surface area contributed by atoms with Crippen LogP contribution in [-0.4, -0.2) is 23.7 Å². The number of rotatable bonds is 4. The molecule has 0 atom stereocenters. The highest BCUT2D eigenvalue weighted by molar-refractivity contribution is 7.15. The van der Waals surface area contributed by atoms with E-state index in [4.69, 9.17) is 11.6 Å². The van der Waals surface area contributed by atoms with Crippen LogP contribution in [0.1, 0.15) is 10.4 Å². The summed E-state index contributed by atoms with van der Waals surface area (Å²) in [6.45, 7) is 3.44. The Morgan fingerprint density at radius 1 is 1.41 bits per heavy atom. The first-order valence-corrected chi connectivity index (χ1v) is 6.14. The molecule has 2 aromatic rings. The van der Waals surface area contributed by atoms with Crippen molar-refractivity contribution in [1.82, 2.24) is 9.97 Å². The zero-order chi connectivity index (χ0) is 12.3. The van der Waals surface area contributed by atoms with E-state index >= 15 is 0 Å². The number of thiazole rings is 1. The zero-order valence-electron chi connectivity index (χ0n) is 9.30. The molecule has 0 radical (unpaired) electrons. The molecule has 6 heteroatoms. The molecule has 0 aliphatic carbocycles. The van der Waals surface area contributed by atoms with Crippen molar-refractivity contribution in [3.05, 3.63) is 39.4 Å². The quantitative estimate of drug-likeness (QED) is 0.631. The fourth-order valence-corrected chi connectivity index (χ4v) is 2.36. The number of aromatic nitrogens is 2. The van der Waals surface area contributed by atoms with E-state index in [9.17, 15) is 0 Å². The summed E-state index contributed by atoms with van der Waals surface area (Å²) in [6.07, 6.45) is 4.41. The Bertz CT molecular complexity index is 508. The summed E-state index contributed by atoms with van der Waals surface area (Å²) in [5.74, 6) is 0.770. The number of hydrazone groups is 1. The number of halogens is 1. The van der Waals surface area contributed by atoms with Crippen molar-refractivity contribution in [2.75, 3.05) is 12.1 Å². The molecule has 0 fully saturated rings. The fourth-order valence-electron chi connectivity index (χ4n) is 1.35. The monoisotopic (exact) mass is 266 g/mol. The normalized spacial score (nSPS) is 10.2. The first-order chi connectivity index (χ1) is 8.19. The molecule has 0 aliphatic heterocycles. The van der Waals surface area contributed by atoms with Crippen molar-refractivity contribution in [3.8, 4) is 0 Å². The lowest BCUT2D eigenvalue weighted by Crippen LogP contribution is -2.08. The number of anilines is 1. The van der Waals surface area contributed by atoms with Crippen LogP contribution < -0.4 is 5.01 Å². The van der Waals surface area contributed by atoms with E-state index < -0.39 is 0 Å². The third-order valence-corrected chi connectivity index (χ3v) is 3.37. The van der Waals surface area contributed by atoms with E-state index in [2.05, 4.69) is 21.8 Å². The van der Waals surface area contributed by atoms with Crippen molar-refractivity contribution >= 4 is 35.5 Å². The van der Waals surface area contributed by atoms with Crippen LogP contribution in [0, 0.1) is 0 Å². The van der Waals surface area contributed by atoms with Crippen molar-refractivity contribution in [2.45, 2.75) is 6.42 Å². The van der Waals surface area contributed by atoms with E-state index in [1.807, 2.05) is 18.3 Å². The number of nitrogens with zero attached hydrogens (tertiary/aromatic N) is 4. The van der Waals surface area contributed by atoms with Crippen LogP contribution in [0.4, 0.5) is 5.82 Å². The predicted octanol–water partition coefficient (Wildman–Crippen LogP) is 2.83. The average molecular weight is 267 g/mol. The Morgan fingerprint density at radius 3 is 2.76 bits per heavy atom. The summed E-state index contributed by atoms with van der Waals surface area (Å²) in [6, 6.07) is 3.92. The van der Waals surface area contributed by atoms with E-state index in [1.54, 1.807) is 18.3 Å². The van der Waals surface area contributed by atoms with E-state index in [0.29, 0.717) is 4.47 Å². The van der Waals surface area contributed by atoms with Crippen molar-refractivity contribution in [1.29, 1.82) is 0 Å². The summed E-state index contributed by atoms with van der Waals surface area (Å²) in [5, 5.41) is 5.39. The summed E-state index contributed by atoms with van der Waals surface area (Å²) < 4.78 is 0.570. The lowest BCUT2D eigenvalue weighted by molar-refractivity contribution is 0.980. The summed E-state index contributed by atoms with van der Waals surface area (Å²) >= 11 is 7.26. The SMILES string of the molecule is C=NN(C)c1ccc(Cc2cnc(Cl)s2)cn1. The lowest BCUT2D eigenvalue weighted by atomic mass is 10.2. The van der Waals surface area contributed by atoms with Gasteiger partial charge in [0.1, 0.15) is 5.82 Å². The van der Waals surface area contributed by atoms with Crippen LogP contribution in [-0.2, 0) is 6.42 Å². The van der Waals surface area contributed by atoms with Gasteiger partial charge in [-0.15, -0.1) is 11.3 Å². The minimum Gasteiger partial charge on any atom is -0.252 e. The lowest BCUT2D eigenvalue weighted by Gasteiger charge is -2.10. The number of pyridine rings is 1. The smallest absolute Gasteiger partial charge is 0.183 e. The Balaban J connectivity index is 2.10. The molecule has 0 unspecified atom stereocenters. The molecule has 4 nitrogen and oxygen atoms in total. The first kappa shape index (κ1) is 12.0. The standard InChI is InChI=1S/C11H11ClN4S/c1-13-16(2)10-4-3-8(6-14-10)5-9-7-15-11(12)17-9/h3-4,6-7H,1,5H2,2H3. The van der Waals surface area contributed by atoms with Gasteiger partial charge in [-0.25, -0.2) is 9.97 Å². The fraction of sp³-hybridized carbons (Fsp3) is 0.182. The van der Waals surface area contributed by atoms with Gasteiger partial charge in [0, 0.05) is 37.5 Å². The molecule has 88 valence electrons. The second-order valence-electron chi connectivity index (χ2n) is 3.45. The van der Waals surface area contributed by atoms with Gasteiger partial charge in [0.2, 0.25) is 0 Å². The minimum absolute atomic E-state index is 0.570. The molecule has 0 aliphatic rings. The van der Waals surface area contributed by atoms with Gasteiger partial charge in [0.25, 0.3) is 0 Å². The molecule has 0 N–H and O–H groups in total. The van der Waals surface area contributed by atoms with E-state index in [1.165, 1.54) is 11.3 Å². The minimum atomic E-state index is 0.570. The highest BCUT2D eigenvalue weighted by Crippen LogP contribution is 2.21. The molecule has 0 aromatic carbocycles. The summed E-state index contributed by atoms with van der Waals surface area (Å²) in [5.41, 5.74) is 1.12. The highest BCUT2D eigenvalue weighted by atomic mass is 35.5. The molecule has 17 heavy (non-hydrogen) atoms. The molecular formula is C11H11ClN4S. The maximum absolute atomic E-state index is 5.78. The maximum Gasteiger partial charge on any atom is 0.183 e. The van der Waals surface area contributed by atoms with E-state index in [0.717, 1.165) is 22.7 Å². The molecule has 2 rings (SSSR count). The molecule has 0 saturated heterocycles. The van der Waals surface area contributed by atoms with Crippen LogP contribution in [0.2, 0.25) is 4.47 Å². The van der Waals surface area contributed by atoms with Gasteiger partial charge in [-0.05, 0) is 11.6 Å². The second-order valence-corrected chi connectivity index (χ2v) is 5.14. The Labute approximate surface area is 109 Å². The molecule has 0 saturated carbocycles. The van der Waals surface area contributed by atoms with Gasteiger partial charge in [0.05, 0.1) is 0 Å². The van der Waals surface area contributed by atoms with Gasteiger partial charge in [0.15, 0.2) is 4.47 Å². The second kappa shape index (κ2) is 5.25. The summed E-state index contributed by atoms with van der Waals surface area (Å²) in [4.78, 5) is 9.42. The molecule has 0 spiro atoms. The van der Waals surface area contributed by atoms with Crippen LogP contribution >= 0.6 is 22.9 Å². The molecule has 2 heterocycles. The highest BCUT2D eigenvalue weighted by Gasteiger charge is 2.03. The molecule has 0 amide bonds. The maximum atomic E-state index is 5.78. The largest absolute Gasteiger partial charge is 0.252 e. The third-order valence-electron chi connectivity index (χ3n) is 2.26. The van der Waals surface area contributed by atoms with Gasteiger partial charge in [-0.1, -0.05) is 17.7 Å². The molecular weight excluding hydrogens is 256 g/mol. The Morgan fingerprint density at radius 2 is 2.24 bits per heavy atom.